The van der Waals surface area contributed by atoms with Crippen LogP contribution in [0.1, 0.15) is 0 Å². The van der Waals surface area contributed by atoms with Crippen molar-refractivity contribution in [3.8, 4) is 51.2 Å². The molecule has 88 heavy (non-hydrogen) atoms. The third-order valence-electron chi connectivity index (χ3n) is 17.5. The van der Waals surface area contributed by atoms with Crippen molar-refractivity contribution in [2.24, 2.45) is 0 Å². The van der Waals surface area contributed by atoms with Crippen molar-refractivity contribution in [1.82, 2.24) is 33.6 Å². The SMILES string of the molecule is c1ccc(-c2nc(-n3c4ccccc4c4c5c6ccccc6oc5c5ccccc5c43)nc3ccccc23)cc1.c1ccc(-c2nc(-n3c4ccccc4c4cc(-c5ccc6c(c5)c5ccccc5n6-c5ccccc5)ccc43)nc3ccccc23)cc1. The highest BCUT2D eigenvalue weighted by Gasteiger charge is 2.25. The lowest BCUT2D eigenvalue weighted by atomic mass is 9.99. The van der Waals surface area contributed by atoms with Crippen LogP contribution in [0, 0.1) is 0 Å². The Kier molecular flexibility index (Phi) is 11.1. The molecule has 6 heterocycles. The summed E-state index contributed by atoms with van der Waals surface area (Å²) in [6.07, 6.45) is 0. The molecule has 0 spiro atoms. The van der Waals surface area contributed by atoms with Gasteiger partial charge in [-0.05, 0) is 83.9 Å². The summed E-state index contributed by atoms with van der Waals surface area (Å²) >= 11 is 0. The summed E-state index contributed by atoms with van der Waals surface area (Å²) in [5, 5.41) is 13.7. The molecule has 0 amide bonds. The van der Waals surface area contributed by atoms with Crippen LogP contribution in [0.4, 0.5) is 0 Å². The highest BCUT2D eigenvalue weighted by molar-refractivity contribution is 6.36. The van der Waals surface area contributed by atoms with Crippen molar-refractivity contribution >= 4 is 120 Å². The van der Waals surface area contributed by atoms with Crippen LogP contribution in [-0.2, 0) is 0 Å². The van der Waals surface area contributed by atoms with Gasteiger partial charge in [-0.1, -0.05) is 224 Å². The fourth-order valence-corrected chi connectivity index (χ4v) is 13.7. The summed E-state index contributed by atoms with van der Waals surface area (Å²) in [6, 6.07) is 104. The van der Waals surface area contributed by atoms with E-state index in [-0.39, 0.29) is 0 Å². The molecular formula is C80H49N7O. The number of fused-ring (bicyclic) bond motifs is 18. The average molecular weight is 1120 g/mol. The maximum Gasteiger partial charge on any atom is 0.235 e. The van der Waals surface area contributed by atoms with Crippen molar-refractivity contribution in [2.45, 2.75) is 0 Å². The fraction of sp³-hybridized carbons (Fsp3) is 0. The molecule has 0 radical (unpaired) electrons. The van der Waals surface area contributed by atoms with Gasteiger partial charge >= 0.3 is 0 Å². The summed E-state index contributed by atoms with van der Waals surface area (Å²) in [7, 11) is 0. The monoisotopic (exact) mass is 1120 g/mol. The van der Waals surface area contributed by atoms with Gasteiger partial charge in [0.25, 0.3) is 0 Å². The first-order chi connectivity index (χ1) is 43.7. The van der Waals surface area contributed by atoms with Gasteiger partial charge in [0, 0.05) is 81.4 Å². The molecule has 0 unspecified atom stereocenters. The number of hydrogen-bond donors (Lipinski definition) is 0. The molecule has 0 N–H and O–H groups in total. The second-order valence-corrected chi connectivity index (χ2v) is 22.4. The molecule has 19 rings (SSSR count). The minimum absolute atomic E-state index is 0.654. The van der Waals surface area contributed by atoms with Crippen LogP contribution in [0.2, 0.25) is 0 Å². The Morgan fingerprint density at radius 2 is 0.659 bits per heavy atom. The lowest BCUT2D eigenvalue weighted by molar-refractivity contribution is 0.673. The Hall–Kier alpha value is -12.0. The predicted molar refractivity (Wildman–Crippen MR) is 363 cm³/mol. The summed E-state index contributed by atoms with van der Waals surface area (Å²) in [6.45, 7) is 0. The molecule has 0 aliphatic carbocycles. The standard InChI is InChI=1S/C44H28N4.C36H21N3O/c1-3-13-29(14-4-1)43-35-19-7-10-20-38(35)45-44(46-43)48-40-22-12-9-18-34(40)37-28-31(24-26-42(37)48)30-23-25-41-36(27-30)33-17-8-11-21-39(33)47(41)32-15-5-2-6-16-32;1-2-12-22(13-3-1)33-25-16-6-9-19-28(25)37-36(38-33)39-29-20-10-7-17-26(29)31-32-27-18-8-11-21-30(27)40-35(32)24-15-5-4-14-23(24)34(31)39/h1-28H;1-21H. The van der Waals surface area contributed by atoms with E-state index in [9.17, 15) is 0 Å². The molecule has 0 fully saturated rings. The molecule has 8 nitrogen and oxygen atoms in total. The predicted octanol–water partition coefficient (Wildman–Crippen LogP) is 20.6. The first-order valence-electron chi connectivity index (χ1n) is 29.7. The van der Waals surface area contributed by atoms with Gasteiger partial charge in [-0.25, -0.2) is 19.9 Å². The summed E-state index contributed by atoms with van der Waals surface area (Å²) in [4.78, 5) is 20.8. The minimum Gasteiger partial charge on any atom is -0.455 e. The van der Waals surface area contributed by atoms with Crippen LogP contribution in [0.15, 0.2) is 302 Å². The molecule has 8 heteroatoms. The van der Waals surface area contributed by atoms with Gasteiger partial charge in [0.15, 0.2) is 0 Å². The van der Waals surface area contributed by atoms with Gasteiger partial charge in [0.2, 0.25) is 11.9 Å². The number of aromatic nitrogens is 7. The average Bonchev–Trinajstić information content (AvgIpc) is 1.75. The quantitative estimate of drug-likeness (QED) is 0.166. The van der Waals surface area contributed by atoms with Crippen LogP contribution in [-0.4, -0.2) is 33.6 Å². The largest absolute Gasteiger partial charge is 0.455 e. The highest BCUT2D eigenvalue weighted by Crippen LogP contribution is 2.46. The van der Waals surface area contributed by atoms with Crippen molar-refractivity contribution in [1.29, 1.82) is 0 Å². The molecular weight excluding hydrogens is 1070 g/mol. The zero-order valence-electron chi connectivity index (χ0n) is 47.3. The molecule has 13 aromatic carbocycles. The Bertz CT molecular complexity index is 6000. The Morgan fingerprint density at radius 3 is 1.24 bits per heavy atom. The number of nitrogens with zero attached hydrogens (tertiary/aromatic N) is 7. The fourth-order valence-electron chi connectivity index (χ4n) is 13.7. The zero-order chi connectivity index (χ0) is 57.8. The van der Waals surface area contributed by atoms with E-state index in [4.69, 9.17) is 24.4 Å². The van der Waals surface area contributed by atoms with Crippen LogP contribution < -0.4 is 0 Å². The zero-order valence-corrected chi connectivity index (χ0v) is 47.3. The van der Waals surface area contributed by atoms with Gasteiger partial charge in [-0.2, -0.15) is 0 Å². The van der Waals surface area contributed by atoms with Gasteiger partial charge < -0.3 is 8.98 Å². The maximum atomic E-state index is 6.53. The minimum atomic E-state index is 0.654. The molecule has 0 saturated carbocycles. The first kappa shape index (κ1) is 49.4. The van der Waals surface area contributed by atoms with Gasteiger partial charge in [0.1, 0.15) is 11.2 Å². The molecule has 19 aromatic rings. The van der Waals surface area contributed by atoms with E-state index in [0.29, 0.717) is 11.9 Å². The summed E-state index contributed by atoms with van der Waals surface area (Å²) < 4.78 is 13.3. The van der Waals surface area contributed by atoms with E-state index in [1.807, 2.05) is 42.5 Å². The number of benzene rings is 13. The van der Waals surface area contributed by atoms with Gasteiger partial charge in [-0.15, -0.1) is 0 Å². The van der Waals surface area contributed by atoms with E-state index < -0.39 is 0 Å². The number of furan rings is 1. The van der Waals surface area contributed by atoms with E-state index in [1.54, 1.807) is 0 Å². The van der Waals surface area contributed by atoms with Gasteiger partial charge in [0.05, 0.1) is 55.5 Å². The van der Waals surface area contributed by atoms with E-state index in [1.165, 1.54) is 43.7 Å². The van der Waals surface area contributed by atoms with Crippen LogP contribution in [0.25, 0.3) is 171 Å². The van der Waals surface area contributed by atoms with Gasteiger partial charge in [-0.3, -0.25) is 9.13 Å². The van der Waals surface area contributed by atoms with E-state index in [0.717, 1.165) is 116 Å². The normalized spacial score (nSPS) is 11.9. The van der Waals surface area contributed by atoms with Crippen molar-refractivity contribution in [2.75, 3.05) is 0 Å². The number of rotatable bonds is 6. The Labute approximate surface area is 503 Å². The number of hydrogen-bond acceptors (Lipinski definition) is 5. The Morgan fingerprint density at radius 1 is 0.250 bits per heavy atom. The third-order valence-corrected chi connectivity index (χ3v) is 17.5. The molecule has 0 aliphatic heterocycles. The number of para-hydroxylation sites is 7. The smallest absolute Gasteiger partial charge is 0.235 e. The van der Waals surface area contributed by atoms with Crippen LogP contribution in [0.5, 0.6) is 0 Å². The second-order valence-electron chi connectivity index (χ2n) is 22.4. The van der Waals surface area contributed by atoms with Crippen molar-refractivity contribution in [3.63, 3.8) is 0 Å². The summed E-state index contributed by atoms with van der Waals surface area (Å²) in [5.74, 6) is 1.32. The van der Waals surface area contributed by atoms with Crippen LogP contribution in [0.3, 0.4) is 0 Å². The lowest BCUT2D eigenvalue weighted by Gasteiger charge is -2.12. The molecule has 410 valence electrons. The lowest BCUT2D eigenvalue weighted by Crippen LogP contribution is -2.03. The maximum absolute atomic E-state index is 6.53. The molecule has 0 bridgehead atoms. The highest BCUT2D eigenvalue weighted by atomic mass is 16.3. The van der Waals surface area contributed by atoms with Crippen molar-refractivity contribution < 1.29 is 4.42 Å². The third kappa shape index (κ3) is 7.65. The topological polar surface area (TPSA) is 79.5 Å². The molecule has 0 aliphatic rings. The Balaban J connectivity index is 0.000000134. The summed E-state index contributed by atoms with van der Waals surface area (Å²) in [5.41, 5.74) is 17.9. The second kappa shape index (κ2) is 19.8. The van der Waals surface area contributed by atoms with E-state index in [2.05, 4.69) is 268 Å². The molecule has 0 atom stereocenters. The molecule has 0 saturated heterocycles. The van der Waals surface area contributed by atoms with E-state index >= 15 is 0 Å². The first-order valence-corrected chi connectivity index (χ1v) is 29.7. The molecule has 6 aromatic heterocycles. The van der Waals surface area contributed by atoms with Crippen LogP contribution >= 0.6 is 0 Å². The van der Waals surface area contributed by atoms with Crippen molar-refractivity contribution in [3.05, 3.63) is 297 Å².